The van der Waals surface area contributed by atoms with Crippen molar-refractivity contribution >= 4 is 16.9 Å². The minimum absolute atomic E-state index is 0.0636. The van der Waals surface area contributed by atoms with Crippen molar-refractivity contribution in [1.29, 1.82) is 0 Å². The SMILES string of the molecule is Cc1c[nH]c2ccc(CC(=O)O)c(O)c12. The number of hydrogen-bond donors (Lipinski definition) is 3. The fourth-order valence-corrected chi connectivity index (χ4v) is 1.72. The van der Waals surface area contributed by atoms with E-state index >= 15 is 0 Å². The lowest BCUT2D eigenvalue weighted by Crippen LogP contribution is -2.00. The predicted molar refractivity (Wildman–Crippen MR) is 56.0 cm³/mol. The maximum atomic E-state index is 10.6. The minimum atomic E-state index is -0.946. The van der Waals surface area contributed by atoms with Crippen molar-refractivity contribution in [2.75, 3.05) is 0 Å². The third kappa shape index (κ3) is 1.54. The van der Waals surface area contributed by atoms with Gasteiger partial charge in [-0.3, -0.25) is 4.79 Å². The molecule has 0 saturated heterocycles. The van der Waals surface area contributed by atoms with Crippen molar-refractivity contribution in [3.63, 3.8) is 0 Å². The molecular weight excluding hydrogens is 194 g/mol. The molecule has 15 heavy (non-hydrogen) atoms. The van der Waals surface area contributed by atoms with E-state index < -0.39 is 5.97 Å². The number of aromatic nitrogens is 1. The molecule has 0 radical (unpaired) electrons. The number of aryl methyl sites for hydroxylation is 1. The van der Waals surface area contributed by atoms with Crippen molar-refractivity contribution in [3.8, 4) is 5.75 Å². The van der Waals surface area contributed by atoms with Gasteiger partial charge in [0.05, 0.1) is 6.42 Å². The summed E-state index contributed by atoms with van der Waals surface area (Å²) < 4.78 is 0. The summed E-state index contributed by atoms with van der Waals surface area (Å²) >= 11 is 0. The van der Waals surface area contributed by atoms with Crippen molar-refractivity contribution in [1.82, 2.24) is 4.98 Å². The molecule has 0 aliphatic carbocycles. The van der Waals surface area contributed by atoms with Gasteiger partial charge in [0.2, 0.25) is 0 Å². The van der Waals surface area contributed by atoms with Gasteiger partial charge in [-0.2, -0.15) is 0 Å². The molecule has 0 unspecified atom stereocenters. The number of fused-ring (bicyclic) bond motifs is 1. The number of hydrogen-bond acceptors (Lipinski definition) is 2. The van der Waals surface area contributed by atoms with Gasteiger partial charge in [-0.05, 0) is 18.6 Å². The van der Waals surface area contributed by atoms with Gasteiger partial charge in [0.15, 0.2) is 0 Å². The molecule has 1 aromatic carbocycles. The Balaban J connectivity index is 2.63. The second-order valence-corrected chi connectivity index (χ2v) is 3.54. The number of H-pyrrole nitrogens is 1. The van der Waals surface area contributed by atoms with E-state index in [9.17, 15) is 9.90 Å². The summed E-state index contributed by atoms with van der Waals surface area (Å²) in [5.41, 5.74) is 2.17. The van der Waals surface area contributed by atoms with Gasteiger partial charge in [-0.25, -0.2) is 0 Å². The van der Waals surface area contributed by atoms with Crippen molar-refractivity contribution < 1.29 is 15.0 Å². The van der Waals surface area contributed by atoms with Crippen LogP contribution in [0.4, 0.5) is 0 Å². The van der Waals surface area contributed by atoms with Gasteiger partial charge in [-0.1, -0.05) is 6.07 Å². The first-order valence-corrected chi connectivity index (χ1v) is 4.60. The summed E-state index contributed by atoms with van der Waals surface area (Å²) in [5.74, 6) is -0.883. The summed E-state index contributed by atoms with van der Waals surface area (Å²) in [4.78, 5) is 13.6. The number of aliphatic carboxylic acids is 1. The van der Waals surface area contributed by atoms with Gasteiger partial charge in [0.1, 0.15) is 5.75 Å². The van der Waals surface area contributed by atoms with E-state index in [0.717, 1.165) is 11.1 Å². The Bertz CT molecular complexity index is 528. The van der Waals surface area contributed by atoms with Crippen LogP contribution in [0.2, 0.25) is 0 Å². The van der Waals surface area contributed by atoms with E-state index in [1.807, 2.05) is 6.92 Å². The molecule has 0 fully saturated rings. The third-order valence-electron chi connectivity index (χ3n) is 2.44. The maximum absolute atomic E-state index is 10.6. The number of carboxylic acid groups (broad SMARTS) is 1. The van der Waals surface area contributed by atoms with Crippen LogP contribution in [-0.4, -0.2) is 21.2 Å². The molecule has 0 aliphatic heterocycles. The average Bonchev–Trinajstić information content (AvgIpc) is 2.53. The second-order valence-electron chi connectivity index (χ2n) is 3.54. The van der Waals surface area contributed by atoms with Gasteiger partial charge >= 0.3 is 5.97 Å². The van der Waals surface area contributed by atoms with Crippen LogP contribution in [-0.2, 0) is 11.2 Å². The number of aromatic hydroxyl groups is 1. The average molecular weight is 205 g/mol. The van der Waals surface area contributed by atoms with E-state index in [1.54, 1.807) is 18.3 Å². The van der Waals surface area contributed by atoms with E-state index in [4.69, 9.17) is 5.11 Å². The molecule has 1 aromatic heterocycles. The van der Waals surface area contributed by atoms with Crippen LogP contribution in [0, 0.1) is 6.92 Å². The normalized spacial score (nSPS) is 10.7. The Hall–Kier alpha value is -1.97. The number of carbonyl (C=O) groups is 1. The molecule has 0 atom stereocenters. The summed E-state index contributed by atoms with van der Waals surface area (Å²) in [6, 6.07) is 3.40. The van der Waals surface area contributed by atoms with Gasteiger partial charge in [-0.15, -0.1) is 0 Å². The molecule has 78 valence electrons. The topological polar surface area (TPSA) is 73.3 Å². The zero-order valence-corrected chi connectivity index (χ0v) is 8.24. The highest BCUT2D eigenvalue weighted by atomic mass is 16.4. The highest BCUT2D eigenvalue weighted by Crippen LogP contribution is 2.31. The molecule has 4 heteroatoms. The van der Waals surface area contributed by atoms with Crippen LogP contribution in [0.15, 0.2) is 18.3 Å². The molecule has 4 nitrogen and oxygen atoms in total. The number of phenols is 1. The second kappa shape index (κ2) is 3.31. The zero-order chi connectivity index (χ0) is 11.0. The number of carboxylic acids is 1. The summed E-state index contributed by atoms with van der Waals surface area (Å²) in [6.45, 7) is 1.86. The van der Waals surface area contributed by atoms with Crippen LogP contribution >= 0.6 is 0 Å². The predicted octanol–water partition coefficient (Wildman–Crippen LogP) is 1.81. The standard InChI is InChI=1S/C11H11NO3/c1-6-5-12-8-3-2-7(4-9(13)14)11(15)10(6)8/h2-3,5,12,15H,4H2,1H3,(H,13,14). The van der Waals surface area contributed by atoms with Gasteiger partial charge < -0.3 is 15.2 Å². The summed E-state index contributed by atoms with van der Waals surface area (Å²) in [5, 5.41) is 19.3. The van der Waals surface area contributed by atoms with E-state index in [1.165, 1.54) is 0 Å². The van der Waals surface area contributed by atoms with Crippen molar-refractivity contribution in [2.45, 2.75) is 13.3 Å². The first kappa shape index (κ1) is 9.58. The smallest absolute Gasteiger partial charge is 0.307 e. The number of nitrogens with one attached hydrogen (secondary N) is 1. The zero-order valence-electron chi connectivity index (χ0n) is 8.24. The van der Waals surface area contributed by atoms with Gasteiger partial charge in [0.25, 0.3) is 0 Å². The van der Waals surface area contributed by atoms with Crippen LogP contribution in [0.3, 0.4) is 0 Å². The highest BCUT2D eigenvalue weighted by Gasteiger charge is 2.11. The monoisotopic (exact) mass is 205 g/mol. The molecule has 3 N–H and O–H groups in total. The minimum Gasteiger partial charge on any atom is -0.507 e. The third-order valence-corrected chi connectivity index (χ3v) is 2.44. The van der Waals surface area contributed by atoms with E-state index in [-0.39, 0.29) is 12.2 Å². The fraction of sp³-hybridized carbons (Fsp3) is 0.182. The summed E-state index contributed by atoms with van der Waals surface area (Å²) in [6.07, 6.45) is 1.63. The van der Waals surface area contributed by atoms with Crippen molar-refractivity contribution in [3.05, 3.63) is 29.5 Å². The highest BCUT2D eigenvalue weighted by molar-refractivity contribution is 5.91. The lowest BCUT2D eigenvalue weighted by molar-refractivity contribution is -0.136. The Morgan fingerprint density at radius 1 is 1.47 bits per heavy atom. The quantitative estimate of drug-likeness (QED) is 0.700. The van der Waals surface area contributed by atoms with E-state index in [0.29, 0.717) is 10.9 Å². The molecule has 0 saturated carbocycles. The molecule has 2 rings (SSSR count). The van der Waals surface area contributed by atoms with Crippen molar-refractivity contribution in [2.24, 2.45) is 0 Å². The molecule has 0 bridgehead atoms. The fourth-order valence-electron chi connectivity index (χ4n) is 1.72. The molecule has 1 heterocycles. The largest absolute Gasteiger partial charge is 0.507 e. The maximum Gasteiger partial charge on any atom is 0.307 e. The van der Waals surface area contributed by atoms with Crippen LogP contribution < -0.4 is 0 Å². The van der Waals surface area contributed by atoms with Crippen LogP contribution in [0.5, 0.6) is 5.75 Å². The molecule has 0 amide bonds. The molecular formula is C11H11NO3. The Morgan fingerprint density at radius 3 is 2.87 bits per heavy atom. The van der Waals surface area contributed by atoms with Crippen LogP contribution in [0.1, 0.15) is 11.1 Å². The number of rotatable bonds is 2. The number of phenolic OH excluding ortho intramolecular Hbond substituents is 1. The van der Waals surface area contributed by atoms with E-state index in [2.05, 4.69) is 4.98 Å². The Kier molecular flexibility index (Phi) is 2.11. The first-order chi connectivity index (χ1) is 7.09. The Labute approximate surface area is 86.2 Å². The van der Waals surface area contributed by atoms with Gasteiger partial charge in [0, 0.05) is 22.7 Å². The first-order valence-electron chi connectivity index (χ1n) is 4.60. The summed E-state index contributed by atoms with van der Waals surface area (Å²) in [7, 11) is 0. The lowest BCUT2D eigenvalue weighted by atomic mass is 10.1. The lowest BCUT2D eigenvalue weighted by Gasteiger charge is -2.03. The molecule has 2 aromatic rings. The number of aromatic amines is 1. The Morgan fingerprint density at radius 2 is 2.20 bits per heavy atom. The molecule has 0 aliphatic rings. The number of benzene rings is 1. The van der Waals surface area contributed by atoms with Crippen LogP contribution in [0.25, 0.3) is 10.9 Å². The molecule has 0 spiro atoms.